The summed E-state index contributed by atoms with van der Waals surface area (Å²) in [5.41, 5.74) is 4.09. The van der Waals surface area contributed by atoms with Crippen LogP contribution in [0.2, 0.25) is 0 Å². The van der Waals surface area contributed by atoms with Gasteiger partial charge in [0, 0.05) is 34.9 Å². The van der Waals surface area contributed by atoms with Crippen LogP contribution >= 0.6 is 0 Å². The van der Waals surface area contributed by atoms with Gasteiger partial charge in [-0.3, -0.25) is 0 Å². The van der Waals surface area contributed by atoms with Crippen LogP contribution < -0.4 is 28.4 Å². The van der Waals surface area contributed by atoms with Gasteiger partial charge in [0.15, 0.2) is 34.9 Å². The van der Waals surface area contributed by atoms with Gasteiger partial charge in [-0.1, -0.05) is 212 Å². The minimum absolute atomic E-state index is 0.0333. The summed E-state index contributed by atoms with van der Waals surface area (Å²) in [6, 6.07) is 77.5. The molecule has 0 aliphatic heterocycles. The molecule has 590 valence electrons. The quantitative estimate of drug-likeness (QED) is 0.0305. The molecule has 18 nitrogen and oxygen atoms in total. The third-order valence-electron chi connectivity index (χ3n) is 21.4. The Kier molecular flexibility index (Phi) is 24.6. The summed E-state index contributed by atoms with van der Waals surface area (Å²) in [6.07, 6.45) is 8.89. The van der Waals surface area contributed by atoms with Crippen LogP contribution in [0.15, 0.2) is 231 Å². The van der Waals surface area contributed by atoms with E-state index < -0.39 is 0 Å². The molecule has 2 unspecified atom stereocenters. The number of phenols is 3. The van der Waals surface area contributed by atoms with Crippen LogP contribution in [0.4, 0.5) is 0 Å². The van der Waals surface area contributed by atoms with E-state index in [0.717, 1.165) is 99.3 Å². The van der Waals surface area contributed by atoms with E-state index in [1.165, 1.54) is 54.9 Å². The summed E-state index contributed by atoms with van der Waals surface area (Å²) in [4.78, 5) is 42.5. The lowest BCUT2D eigenvalue weighted by atomic mass is 9.92. The monoisotopic (exact) mass is 1550 g/mol. The normalized spacial score (nSPS) is 11.9. The van der Waals surface area contributed by atoms with Crippen LogP contribution in [0.1, 0.15) is 107 Å². The average molecular weight is 1550 g/mol. The average Bonchev–Trinajstić information content (AvgIpc) is 0.740. The minimum Gasteiger partial charge on any atom is -0.507 e. The molecule has 2 atom stereocenters. The van der Waals surface area contributed by atoms with Crippen LogP contribution in [-0.4, -0.2) is 99.8 Å². The standard InChI is InChI=1S/C37H37N3O3.C33H35N3O3.C29H23N3O3/c1-4-7-12-24(5-2)23-43-37-39-35(31-20-18-26(42-6-3)21-34(31)41)38-36(40-37)33-22-32-27-14-9-8-13-25(27)17-19-30(32)28-15-10-11-16-29(28)33;1-4-7-10-22(5-2)21-39-33-35-31(34-32(36-33)29-16-15-28(38-6-3)20-30(29)37)26-14-13-25-17-23-11-8-9-12-24(23)18-27(25)19-26;1-3-34-20-12-15-23(24(33)16-20)28-30-27(31-29(32-28)35-4-2)22-14-11-19-9-8-17-6-5-7-18-10-13-21(22)26(19)25(17)18/h8-11,13-22,24,41H,4-7,12,23H2,1-3H3;8-9,11-20,22,37H,4-7,10,21H2,1-3H3;5-16,33H,3-4H2,1-2H3. The molecule has 3 N–H and O–H groups in total. The molecule has 0 amide bonds. The predicted molar refractivity (Wildman–Crippen MR) is 471 cm³/mol. The van der Waals surface area contributed by atoms with Crippen molar-refractivity contribution in [2.75, 3.05) is 39.6 Å². The number of benzene rings is 14. The molecule has 0 saturated heterocycles. The summed E-state index contributed by atoms with van der Waals surface area (Å²) >= 11 is 0. The fourth-order valence-corrected chi connectivity index (χ4v) is 15.2. The zero-order chi connectivity index (χ0) is 80.9. The van der Waals surface area contributed by atoms with Gasteiger partial charge in [0.1, 0.15) is 34.5 Å². The van der Waals surface area contributed by atoms with E-state index in [0.29, 0.717) is 120 Å². The molecule has 17 rings (SSSR count). The Morgan fingerprint density at radius 1 is 0.265 bits per heavy atom. The number of fused-ring (bicyclic) bond motifs is 7. The van der Waals surface area contributed by atoms with E-state index in [2.05, 4.69) is 194 Å². The maximum absolute atomic E-state index is 11.0. The molecule has 0 radical (unpaired) electrons. The highest BCUT2D eigenvalue weighted by Crippen LogP contribution is 2.43. The van der Waals surface area contributed by atoms with Gasteiger partial charge in [0.25, 0.3) is 0 Å². The van der Waals surface area contributed by atoms with E-state index in [9.17, 15) is 15.3 Å². The van der Waals surface area contributed by atoms with E-state index in [4.69, 9.17) is 58.3 Å². The summed E-state index contributed by atoms with van der Waals surface area (Å²) in [6.45, 7) is 19.4. The second-order valence-corrected chi connectivity index (χ2v) is 29.1. The van der Waals surface area contributed by atoms with Crippen LogP contribution in [-0.2, 0) is 0 Å². The number of aromatic nitrogens is 9. The minimum atomic E-state index is 0.0333. The first-order valence-corrected chi connectivity index (χ1v) is 40.8. The van der Waals surface area contributed by atoms with Gasteiger partial charge in [-0.2, -0.15) is 29.9 Å². The maximum atomic E-state index is 11.0. The molecule has 3 heterocycles. The van der Waals surface area contributed by atoms with Gasteiger partial charge >= 0.3 is 18.0 Å². The smallest absolute Gasteiger partial charge is 0.320 e. The van der Waals surface area contributed by atoms with Gasteiger partial charge in [-0.25, -0.2) is 15.0 Å². The molecule has 0 aliphatic carbocycles. The lowest BCUT2D eigenvalue weighted by molar-refractivity contribution is 0.217. The van der Waals surface area contributed by atoms with Gasteiger partial charge < -0.3 is 43.7 Å². The molecule has 0 spiro atoms. The number of aromatic hydroxyl groups is 3. The number of unbranched alkanes of at least 4 members (excludes halogenated alkanes) is 2. The molecule has 117 heavy (non-hydrogen) atoms. The van der Waals surface area contributed by atoms with E-state index >= 15 is 0 Å². The molecule has 14 aromatic carbocycles. The Bertz CT molecular complexity index is 6380. The van der Waals surface area contributed by atoms with E-state index in [1.807, 2.05) is 64.1 Å². The molecule has 0 fully saturated rings. The molecule has 3 aromatic heterocycles. The fourth-order valence-electron chi connectivity index (χ4n) is 15.2. The van der Waals surface area contributed by atoms with E-state index in [-0.39, 0.29) is 35.3 Å². The number of hydrogen-bond acceptors (Lipinski definition) is 18. The van der Waals surface area contributed by atoms with Crippen LogP contribution in [0.5, 0.6) is 52.5 Å². The Morgan fingerprint density at radius 3 is 1.17 bits per heavy atom. The van der Waals surface area contributed by atoms with Gasteiger partial charge in [-0.15, -0.1) is 0 Å². The number of rotatable bonds is 28. The van der Waals surface area contributed by atoms with Crippen molar-refractivity contribution in [3.63, 3.8) is 0 Å². The Labute approximate surface area is 680 Å². The number of ether oxygens (including phenoxy) is 6. The highest BCUT2D eigenvalue weighted by molar-refractivity contribution is 6.25. The molecular formula is C99H95N9O9. The first-order chi connectivity index (χ1) is 57.3. The molecule has 18 heteroatoms. The topological polar surface area (TPSA) is 232 Å². The molecule has 0 bridgehead atoms. The van der Waals surface area contributed by atoms with Crippen LogP contribution in [0, 0.1) is 11.8 Å². The molecule has 0 aliphatic rings. The van der Waals surface area contributed by atoms with Crippen molar-refractivity contribution >= 4 is 86.2 Å². The van der Waals surface area contributed by atoms with Crippen LogP contribution in [0.25, 0.3) is 155 Å². The lowest BCUT2D eigenvalue weighted by Gasteiger charge is -2.16. The molecule has 0 saturated carbocycles. The Balaban J connectivity index is 0.000000138. The third kappa shape index (κ3) is 17.5. The van der Waals surface area contributed by atoms with Gasteiger partial charge in [0.05, 0.1) is 56.3 Å². The van der Waals surface area contributed by atoms with Crippen molar-refractivity contribution in [3.05, 3.63) is 231 Å². The van der Waals surface area contributed by atoms with Crippen molar-refractivity contribution in [1.82, 2.24) is 44.9 Å². The predicted octanol–water partition coefficient (Wildman–Crippen LogP) is 24.2. The van der Waals surface area contributed by atoms with Crippen LogP contribution in [0.3, 0.4) is 0 Å². The number of nitrogens with zero attached hydrogens (tertiary/aromatic N) is 9. The van der Waals surface area contributed by atoms with Crippen molar-refractivity contribution in [1.29, 1.82) is 0 Å². The van der Waals surface area contributed by atoms with Crippen molar-refractivity contribution in [2.45, 2.75) is 107 Å². The second-order valence-electron chi connectivity index (χ2n) is 29.1. The highest BCUT2D eigenvalue weighted by atomic mass is 16.5. The number of hydrogen-bond donors (Lipinski definition) is 3. The SMILES string of the molecule is CCCCC(CC)COc1nc(-c2ccc(OCC)cc2O)nc(-c2cc3c4ccccc4ccc3c3ccccc23)n1.CCCCC(CC)COc1nc(-c2ccc3cc4ccccc4cc3c2)nc(-c2ccc(OCC)cc2O)n1.CCOc1ccc(-c2nc(OCC)nc(-c3ccc4ccc5cccc6ccc3c4c56)n2)c(O)c1. The largest absolute Gasteiger partial charge is 0.507 e. The zero-order valence-corrected chi connectivity index (χ0v) is 67.3. The van der Waals surface area contributed by atoms with E-state index in [1.54, 1.807) is 42.5 Å². The Morgan fingerprint density at radius 2 is 0.650 bits per heavy atom. The third-order valence-corrected chi connectivity index (χ3v) is 21.4. The zero-order valence-electron chi connectivity index (χ0n) is 67.3. The first kappa shape index (κ1) is 78.9. The summed E-state index contributed by atoms with van der Waals surface area (Å²) in [7, 11) is 0. The van der Waals surface area contributed by atoms with Crippen molar-refractivity contribution < 1.29 is 43.7 Å². The number of phenolic OH excluding ortho intramolecular Hbond substituents is 3. The molecule has 17 aromatic rings. The van der Waals surface area contributed by atoms with Gasteiger partial charge in [0.2, 0.25) is 0 Å². The first-order valence-electron chi connectivity index (χ1n) is 40.8. The summed E-state index contributed by atoms with van der Waals surface area (Å²) in [5.74, 6) is 5.26. The second kappa shape index (κ2) is 36.4. The Hall–Kier alpha value is -13.4. The van der Waals surface area contributed by atoms with Gasteiger partial charge in [-0.05, 0) is 205 Å². The summed E-state index contributed by atoms with van der Waals surface area (Å²) in [5, 5.41) is 51.0. The maximum Gasteiger partial charge on any atom is 0.320 e. The highest BCUT2D eigenvalue weighted by Gasteiger charge is 2.24. The lowest BCUT2D eigenvalue weighted by Crippen LogP contribution is -2.13. The summed E-state index contributed by atoms with van der Waals surface area (Å²) < 4.78 is 34.8. The molecular weight excluding hydrogens is 1460 g/mol. The van der Waals surface area contributed by atoms with Crippen molar-refractivity contribution in [2.24, 2.45) is 11.8 Å². The fraction of sp³-hybridized carbons (Fsp3) is 0.242. The van der Waals surface area contributed by atoms with Crippen molar-refractivity contribution in [3.8, 4) is 121 Å².